The molecule has 1 N–H and O–H groups in total. The van der Waals surface area contributed by atoms with Gasteiger partial charge in [0.2, 0.25) is 0 Å². The van der Waals surface area contributed by atoms with Crippen LogP contribution in [-0.2, 0) is 0 Å². The quantitative estimate of drug-likeness (QED) is 0.682. The third-order valence-corrected chi connectivity index (χ3v) is 1.40. The summed E-state index contributed by atoms with van der Waals surface area (Å²) in [6.07, 6.45) is 12.4. The SMILES string of the molecule is C/C=C\N1C=CCC=CC1=N.CC.CC. The van der Waals surface area contributed by atoms with Crippen molar-refractivity contribution in [2.45, 2.75) is 41.0 Å². The van der Waals surface area contributed by atoms with Gasteiger partial charge in [-0.15, -0.1) is 0 Å². The first kappa shape index (κ1) is 16.1. The first-order valence-electron chi connectivity index (χ1n) is 5.67. The van der Waals surface area contributed by atoms with Crippen LogP contribution in [0.5, 0.6) is 0 Å². The van der Waals surface area contributed by atoms with Gasteiger partial charge >= 0.3 is 0 Å². The summed E-state index contributed by atoms with van der Waals surface area (Å²) in [4.78, 5) is 1.78. The van der Waals surface area contributed by atoms with E-state index < -0.39 is 0 Å². The molecule has 0 bridgehead atoms. The summed E-state index contributed by atoms with van der Waals surface area (Å²) in [7, 11) is 0. The molecule has 0 aromatic heterocycles. The van der Waals surface area contributed by atoms with Crippen LogP contribution in [-0.4, -0.2) is 10.7 Å². The lowest BCUT2D eigenvalue weighted by Crippen LogP contribution is -2.15. The standard InChI is InChI=1S/C9H12N2.2C2H6/c1-2-7-11-8-5-3-4-6-9(11)10;2*1-2/h2,4-8,10H,3H2,1H3;2*1-2H3/b7-2-,10-9?;;. The molecule has 0 unspecified atom stereocenters. The van der Waals surface area contributed by atoms with Gasteiger partial charge in [-0.05, 0) is 19.4 Å². The molecule has 15 heavy (non-hydrogen) atoms. The van der Waals surface area contributed by atoms with E-state index in [-0.39, 0.29) is 0 Å². The second-order valence-electron chi connectivity index (χ2n) is 2.30. The molecule has 2 heteroatoms. The molecule has 0 radical (unpaired) electrons. The second kappa shape index (κ2) is 12.7. The van der Waals surface area contributed by atoms with E-state index >= 15 is 0 Å². The fourth-order valence-corrected chi connectivity index (χ4v) is 0.890. The fraction of sp³-hybridized carbons (Fsp3) is 0.462. The Morgan fingerprint density at radius 3 is 2.33 bits per heavy atom. The molecule has 86 valence electrons. The smallest absolute Gasteiger partial charge is 0.128 e. The Morgan fingerprint density at radius 2 is 1.80 bits per heavy atom. The van der Waals surface area contributed by atoms with E-state index in [0.29, 0.717) is 5.84 Å². The molecule has 1 aliphatic heterocycles. The maximum atomic E-state index is 7.53. The van der Waals surface area contributed by atoms with Crippen molar-refractivity contribution >= 4 is 5.84 Å². The van der Waals surface area contributed by atoms with Crippen LogP contribution >= 0.6 is 0 Å². The highest BCUT2D eigenvalue weighted by molar-refractivity contribution is 5.92. The van der Waals surface area contributed by atoms with Crippen LogP contribution in [0.1, 0.15) is 41.0 Å². The molecular formula is C13H24N2. The number of nitrogens with one attached hydrogen (secondary N) is 1. The highest BCUT2D eigenvalue weighted by atomic mass is 15.1. The first-order chi connectivity index (χ1) is 7.34. The first-order valence-corrected chi connectivity index (χ1v) is 5.67. The molecule has 2 nitrogen and oxygen atoms in total. The topological polar surface area (TPSA) is 27.1 Å². The largest absolute Gasteiger partial charge is 0.310 e. The summed E-state index contributed by atoms with van der Waals surface area (Å²) in [5.74, 6) is 0.511. The lowest BCUT2D eigenvalue weighted by Gasteiger charge is -2.11. The van der Waals surface area contributed by atoms with Crippen molar-refractivity contribution in [3.8, 4) is 0 Å². The van der Waals surface area contributed by atoms with Gasteiger partial charge in [0.1, 0.15) is 5.84 Å². The zero-order chi connectivity index (χ0) is 12.1. The Balaban J connectivity index is 0. The number of hydrogen-bond donors (Lipinski definition) is 1. The highest BCUT2D eigenvalue weighted by Gasteiger charge is 1.99. The van der Waals surface area contributed by atoms with Crippen molar-refractivity contribution in [1.82, 2.24) is 4.90 Å². The van der Waals surface area contributed by atoms with Crippen LogP contribution in [0.15, 0.2) is 36.7 Å². The minimum atomic E-state index is 0.511. The predicted molar refractivity (Wildman–Crippen MR) is 70.0 cm³/mol. The third kappa shape index (κ3) is 7.74. The van der Waals surface area contributed by atoms with Crippen molar-refractivity contribution < 1.29 is 0 Å². The van der Waals surface area contributed by atoms with Crippen LogP contribution in [0.3, 0.4) is 0 Å². The summed E-state index contributed by atoms with van der Waals surface area (Å²) in [6.45, 7) is 9.94. The van der Waals surface area contributed by atoms with E-state index in [0.717, 1.165) is 6.42 Å². The molecule has 0 saturated carbocycles. The Morgan fingerprint density at radius 1 is 1.20 bits per heavy atom. The molecule has 0 saturated heterocycles. The molecule has 1 rings (SSSR count). The Kier molecular flexibility index (Phi) is 13.6. The molecule has 0 aliphatic carbocycles. The molecule has 0 fully saturated rings. The van der Waals surface area contributed by atoms with Gasteiger partial charge in [0.25, 0.3) is 0 Å². The summed E-state index contributed by atoms with van der Waals surface area (Å²) in [5, 5.41) is 7.53. The van der Waals surface area contributed by atoms with Crippen LogP contribution in [0.25, 0.3) is 0 Å². The van der Waals surface area contributed by atoms with Gasteiger partial charge in [0, 0.05) is 12.4 Å². The number of allylic oxidation sites excluding steroid dienone is 3. The Bertz CT molecular complexity index is 225. The van der Waals surface area contributed by atoms with E-state index in [1.54, 1.807) is 11.0 Å². The lowest BCUT2D eigenvalue weighted by molar-refractivity contribution is 0.755. The molecular weight excluding hydrogens is 184 g/mol. The van der Waals surface area contributed by atoms with Gasteiger partial charge in [-0.2, -0.15) is 0 Å². The number of hydrogen-bond acceptors (Lipinski definition) is 1. The van der Waals surface area contributed by atoms with E-state index in [4.69, 9.17) is 5.41 Å². The van der Waals surface area contributed by atoms with Crippen molar-refractivity contribution in [1.29, 1.82) is 5.41 Å². The minimum Gasteiger partial charge on any atom is -0.310 e. The summed E-state index contributed by atoms with van der Waals surface area (Å²) >= 11 is 0. The van der Waals surface area contributed by atoms with E-state index in [2.05, 4.69) is 0 Å². The Hall–Kier alpha value is -1.31. The monoisotopic (exact) mass is 208 g/mol. The highest BCUT2D eigenvalue weighted by Crippen LogP contribution is 2.02. The summed E-state index contributed by atoms with van der Waals surface area (Å²) < 4.78 is 0. The van der Waals surface area contributed by atoms with E-state index in [9.17, 15) is 0 Å². The van der Waals surface area contributed by atoms with Crippen LogP contribution in [0.4, 0.5) is 0 Å². The van der Waals surface area contributed by atoms with E-state index in [1.165, 1.54) is 0 Å². The Labute approximate surface area is 94.5 Å². The van der Waals surface area contributed by atoms with Gasteiger partial charge < -0.3 is 4.90 Å². The van der Waals surface area contributed by atoms with Gasteiger partial charge in [0.05, 0.1) is 0 Å². The van der Waals surface area contributed by atoms with Crippen molar-refractivity contribution in [2.75, 3.05) is 0 Å². The minimum absolute atomic E-state index is 0.511. The average Bonchev–Trinajstić information content (AvgIpc) is 2.51. The third-order valence-electron chi connectivity index (χ3n) is 1.40. The van der Waals surface area contributed by atoms with Gasteiger partial charge in [0.15, 0.2) is 0 Å². The van der Waals surface area contributed by atoms with Crippen LogP contribution in [0.2, 0.25) is 0 Å². The van der Waals surface area contributed by atoms with Gasteiger partial charge in [-0.1, -0.05) is 45.9 Å². The average molecular weight is 208 g/mol. The van der Waals surface area contributed by atoms with Crippen molar-refractivity contribution in [2.24, 2.45) is 0 Å². The molecule has 0 amide bonds. The molecule has 1 aliphatic rings. The van der Waals surface area contributed by atoms with Crippen molar-refractivity contribution in [3.05, 3.63) is 36.7 Å². The predicted octanol–water partition coefficient (Wildman–Crippen LogP) is 4.33. The second-order valence-corrected chi connectivity index (χ2v) is 2.30. The lowest BCUT2D eigenvalue weighted by atomic mass is 10.4. The van der Waals surface area contributed by atoms with E-state index in [1.807, 2.05) is 65.2 Å². The fourth-order valence-electron chi connectivity index (χ4n) is 0.890. The maximum absolute atomic E-state index is 7.53. The summed E-state index contributed by atoms with van der Waals surface area (Å²) in [6, 6.07) is 0. The molecule has 0 atom stereocenters. The molecule has 0 aromatic rings. The van der Waals surface area contributed by atoms with Crippen LogP contribution < -0.4 is 0 Å². The normalized spacial score (nSPS) is 13.9. The number of rotatable bonds is 1. The summed E-state index contributed by atoms with van der Waals surface area (Å²) in [5.41, 5.74) is 0. The van der Waals surface area contributed by atoms with Crippen LogP contribution in [0, 0.1) is 5.41 Å². The van der Waals surface area contributed by atoms with Gasteiger partial charge in [-0.25, -0.2) is 0 Å². The molecule has 0 aromatic carbocycles. The van der Waals surface area contributed by atoms with Crippen molar-refractivity contribution in [3.63, 3.8) is 0 Å². The maximum Gasteiger partial charge on any atom is 0.128 e. The molecule has 0 spiro atoms. The number of nitrogens with zero attached hydrogens (tertiary/aromatic N) is 1. The van der Waals surface area contributed by atoms with Gasteiger partial charge in [-0.3, -0.25) is 5.41 Å². The zero-order valence-electron chi connectivity index (χ0n) is 10.6. The molecule has 1 heterocycles. The number of amidine groups is 1. The zero-order valence-corrected chi connectivity index (χ0v) is 10.6.